The SMILES string of the molecule is CC(C)(C)C(CCO)NC(=O)c1ccc(O)cc1O. The van der Waals surface area contributed by atoms with Gasteiger partial charge < -0.3 is 20.6 Å². The van der Waals surface area contributed by atoms with Crippen LogP contribution >= 0.6 is 0 Å². The molecule has 1 atom stereocenters. The van der Waals surface area contributed by atoms with Gasteiger partial charge in [0.25, 0.3) is 5.91 Å². The maximum atomic E-state index is 12.1. The number of carbonyl (C=O) groups is 1. The Labute approximate surface area is 112 Å². The highest BCUT2D eigenvalue weighted by atomic mass is 16.3. The van der Waals surface area contributed by atoms with Crippen molar-refractivity contribution in [2.75, 3.05) is 6.61 Å². The average molecular weight is 267 g/mol. The van der Waals surface area contributed by atoms with E-state index in [9.17, 15) is 15.0 Å². The van der Waals surface area contributed by atoms with Gasteiger partial charge in [-0.25, -0.2) is 0 Å². The number of aromatic hydroxyl groups is 2. The normalized spacial score (nSPS) is 13.1. The van der Waals surface area contributed by atoms with E-state index in [0.717, 1.165) is 6.07 Å². The van der Waals surface area contributed by atoms with Crippen molar-refractivity contribution in [2.45, 2.75) is 33.2 Å². The first-order valence-electron chi connectivity index (χ1n) is 6.19. The summed E-state index contributed by atoms with van der Waals surface area (Å²) in [7, 11) is 0. The van der Waals surface area contributed by atoms with Crippen LogP contribution in [0.25, 0.3) is 0 Å². The zero-order valence-electron chi connectivity index (χ0n) is 11.5. The third-order valence-corrected chi connectivity index (χ3v) is 2.99. The third kappa shape index (κ3) is 4.13. The Morgan fingerprint density at radius 3 is 2.42 bits per heavy atom. The Hall–Kier alpha value is -1.75. The zero-order valence-corrected chi connectivity index (χ0v) is 11.5. The molecule has 0 aliphatic carbocycles. The van der Waals surface area contributed by atoms with E-state index in [-0.39, 0.29) is 35.1 Å². The van der Waals surface area contributed by atoms with E-state index < -0.39 is 5.91 Å². The van der Waals surface area contributed by atoms with Gasteiger partial charge in [0.1, 0.15) is 11.5 Å². The second kappa shape index (κ2) is 5.93. The van der Waals surface area contributed by atoms with Crippen molar-refractivity contribution in [1.29, 1.82) is 0 Å². The predicted molar refractivity (Wildman–Crippen MR) is 72.2 cm³/mol. The molecule has 19 heavy (non-hydrogen) atoms. The molecule has 0 fully saturated rings. The molecule has 1 amide bonds. The molecule has 0 bridgehead atoms. The number of amides is 1. The number of hydrogen-bond acceptors (Lipinski definition) is 4. The van der Waals surface area contributed by atoms with Crippen molar-refractivity contribution in [2.24, 2.45) is 5.41 Å². The van der Waals surface area contributed by atoms with E-state index in [1.807, 2.05) is 20.8 Å². The molecule has 4 N–H and O–H groups in total. The molecule has 106 valence electrons. The Morgan fingerprint density at radius 2 is 1.95 bits per heavy atom. The standard InChI is InChI=1S/C14H21NO4/c1-14(2,3)12(6-7-16)15-13(19)10-5-4-9(17)8-11(10)18/h4-5,8,12,16-18H,6-7H2,1-3H3,(H,15,19). The summed E-state index contributed by atoms with van der Waals surface area (Å²) in [6, 6.07) is 3.61. The van der Waals surface area contributed by atoms with Gasteiger partial charge in [0.05, 0.1) is 5.56 Å². The van der Waals surface area contributed by atoms with Crippen LogP contribution in [0.1, 0.15) is 37.6 Å². The first-order valence-corrected chi connectivity index (χ1v) is 6.19. The van der Waals surface area contributed by atoms with Crippen molar-refractivity contribution < 1.29 is 20.1 Å². The second-order valence-electron chi connectivity index (χ2n) is 5.61. The lowest BCUT2D eigenvalue weighted by atomic mass is 9.84. The van der Waals surface area contributed by atoms with E-state index in [0.29, 0.717) is 6.42 Å². The molecule has 0 aromatic heterocycles. The lowest BCUT2D eigenvalue weighted by Gasteiger charge is -2.31. The highest BCUT2D eigenvalue weighted by Gasteiger charge is 2.26. The molecule has 1 unspecified atom stereocenters. The van der Waals surface area contributed by atoms with Crippen LogP contribution in [0.15, 0.2) is 18.2 Å². The summed E-state index contributed by atoms with van der Waals surface area (Å²) in [6.07, 6.45) is 0.439. The molecule has 0 aliphatic heterocycles. The number of benzene rings is 1. The first kappa shape index (κ1) is 15.3. The lowest BCUT2D eigenvalue weighted by molar-refractivity contribution is 0.0882. The molecule has 5 nitrogen and oxygen atoms in total. The van der Waals surface area contributed by atoms with Crippen LogP contribution in [-0.4, -0.2) is 33.9 Å². The summed E-state index contributed by atoms with van der Waals surface area (Å²) in [5.41, 5.74) is -0.102. The van der Waals surface area contributed by atoms with Crippen molar-refractivity contribution in [1.82, 2.24) is 5.32 Å². The van der Waals surface area contributed by atoms with Crippen LogP contribution in [-0.2, 0) is 0 Å². The van der Waals surface area contributed by atoms with Gasteiger partial charge in [-0.3, -0.25) is 4.79 Å². The Kier molecular flexibility index (Phi) is 4.78. The maximum absolute atomic E-state index is 12.1. The van der Waals surface area contributed by atoms with Gasteiger partial charge in [0.15, 0.2) is 0 Å². The molecule has 1 aromatic rings. The Bertz CT molecular complexity index is 451. The third-order valence-electron chi connectivity index (χ3n) is 2.99. The van der Waals surface area contributed by atoms with Gasteiger partial charge in [0.2, 0.25) is 0 Å². The molecular weight excluding hydrogens is 246 g/mol. The number of aliphatic hydroxyl groups excluding tert-OH is 1. The van der Waals surface area contributed by atoms with E-state index in [4.69, 9.17) is 5.11 Å². The van der Waals surface area contributed by atoms with Gasteiger partial charge >= 0.3 is 0 Å². The van der Waals surface area contributed by atoms with Crippen LogP contribution in [0.5, 0.6) is 11.5 Å². The van der Waals surface area contributed by atoms with Crippen molar-refractivity contribution in [3.05, 3.63) is 23.8 Å². The first-order chi connectivity index (χ1) is 8.75. The van der Waals surface area contributed by atoms with Crippen molar-refractivity contribution in [3.8, 4) is 11.5 Å². The van der Waals surface area contributed by atoms with Gasteiger partial charge in [-0.2, -0.15) is 0 Å². The fraction of sp³-hybridized carbons (Fsp3) is 0.500. The summed E-state index contributed by atoms with van der Waals surface area (Å²) < 4.78 is 0. The quantitative estimate of drug-likeness (QED) is 0.667. The molecule has 0 heterocycles. The van der Waals surface area contributed by atoms with Crippen LogP contribution < -0.4 is 5.32 Å². The van der Waals surface area contributed by atoms with Crippen LogP contribution in [0.3, 0.4) is 0 Å². The van der Waals surface area contributed by atoms with Gasteiger partial charge in [-0.15, -0.1) is 0 Å². The van der Waals surface area contributed by atoms with Crippen LogP contribution in [0.4, 0.5) is 0 Å². The summed E-state index contributed by atoms with van der Waals surface area (Å²) >= 11 is 0. The minimum absolute atomic E-state index is 0.0240. The minimum atomic E-state index is -0.425. The highest BCUT2D eigenvalue weighted by molar-refractivity contribution is 5.97. The zero-order chi connectivity index (χ0) is 14.6. The molecule has 0 spiro atoms. The largest absolute Gasteiger partial charge is 0.508 e. The van der Waals surface area contributed by atoms with Crippen molar-refractivity contribution in [3.63, 3.8) is 0 Å². The molecule has 0 radical (unpaired) electrons. The van der Waals surface area contributed by atoms with E-state index in [1.54, 1.807) is 0 Å². The number of phenolic OH excluding ortho intramolecular Hbond substituents is 2. The summed E-state index contributed by atoms with van der Waals surface area (Å²) in [6.45, 7) is 5.86. The van der Waals surface area contributed by atoms with E-state index in [1.165, 1.54) is 12.1 Å². The second-order valence-corrected chi connectivity index (χ2v) is 5.61. The monoisotopic (exact) mass is 267 g/mol. The Balaban J connectivity index is 2.88. The highest BCUT2D eigenvalue weighted by Crippen LogP contribution is 2.25. The maximum Gasteiger partial charge on any atom is 0.255 e. The number of nitrogens with one attached hydrogen (secondary N) is 1. The number of hydrogen-bond donors (Lipinski definition) is 4. The van der Waals surface area contributed by atoms with Crippen LogP contribution in [0.2, 0.25) is 0 Å². The smallest absolute Gasteiger partial charge is 0.255 e. The summed E-state index contributed by atoms with van der Waals surface area (Å²) in [5.74, 6) is -0.795. The summed E-state index contributed by atoms with van der Waals surface area (Å²) in [5, 5.41) is 30.7. The average Bonchev–Trinajstić information content (AvgIpc) is 2.26. The van der Waals surface area contributed by atoms with E-state index >= 15 is 0 Å². The minimum Gasteiger partial charge on any atom is -0.508 e. The Morgan fingerprint density at radius 1 is 1.32 bits per heavy atom. The molecule has 0 saturated heterocycles. The molecule has 1 aromatic carbocycles. The van der Waals surface area contributed by atoms with Crippen molar-refractivity contribution >= 4 is 5.91 Å². The van der Waals surface area contributed by atoms with Crippen LogP contribution in [0, 0.1) is 5.41 Å². The predicted octanol–water partition coefficient (Wildman–Crippen LogP) is 1.62. The molecule has 0 saturated carbocycles. The van der Waals surface area contributed by atoms with Gasteiger partial charge in [-0.1, -0.05) is 20.8 Å². The molecular formula is C14H21NO4. The summed E-state index contributed by atoms with van der Waals surface area (Å²) in [4.78, 5) is 12.1. The van der Waals surface area contributed by atoms with Gasteiger partial charge in [0, 0.05) is 18.7 Å². The molecule has 0 aliphatic rings. The van der Waals surface area contributed by atoms with E-state index in [2.05, 4.69) is 5.32 Å². The number of carbonyl (C=O) groups excluding carboxylic acids is 1. The number of rotatable bonds is 4. The lowest BCUT2D eigenvalue weighted by Crippen LogP contribution is -2.44. The fourth-order valence-corrected chi connectivity index (χ4v) is 1.80. The number of phenols is 2. The topological polar surface area (TPSA) is 89.8 Å². The number of aliphatic hydroxyl groups is 1. The molecule has 5 heteroatoms. The van der Waals surface area contributed by atoms with Gasteiger partial charge in [-0.05, 0) is 24.0 Å². The fourth-order valence-electron chi connectivity index (χ4n) is 1.80. The molecule has 1 rings (SSSR count).